The van der Waals surface area contributed by atoms with Crippen LogP contribution < -0.4 is 15.0 Å². The number of benzene rings is 2. The Balaban J connectivity index is 1.32. The van der Waals surface area contributed by atoms with Crippen molar-refractivity contribution in [2.24, 2.45) is 11.8 Å². The number of nitrogens with zero attached hydrogens (tertiary/aromatic N) is 4. The van der Waals surface area contributed by atoms with Crippen LogP contribution in [-0.4, -0.2) is 64.7 Å². The molecule has 3 atom stereocenters. The highest BCUT2D eigenvalue weighted by molar-refractivity contribution is 6.03. The number of esters is 1. The summed E-state index contributed by atoms with van der Waals surface area (Å²) >= 11 is 0. The Kier molecular flexibility index (Phi) is 9.17. The van der Waals surface area contributed by atoms with Crippen molar-refractivity contribution in [2.75, 3.05) is 25.1 Å². The number of nitrogens with one attached hydrogen (secondary N) is 1. The van der Waals surface area contributed by atoms with Crippen LogP contribution >= 0.6 is 0 Å². The number of piperidine rings is 1. The normalized spacial score (nSPS) is 18.3. The molecule has 2 fully saturated rings. The lowest BCUT2D eigenvalue weighted by atomic mass is 9.95. The number of pyridine rings is 1. The second-order valence-electron chi connectivity index (χ2n) is 12.3. The zero-order valence-corrected chi connectivity index (χ0v) is 26.8. The topological polar surface area (TPSA) is 136 Å². The second kappa shape index (κ2) is 13.5. The van der Waals surface area contributed by atoms with E-state index in [0.29, 0.717) is 37.1 Å². The number of terminal acetylenes is 1. The van der Waals surface area contributed by atoms with Crippen LogP contribution in [0, 0.1) is 35.8 Å². The SMILES string of the molecule is C#Cc1c(F)ccc2cc(O)cc(-c3ncc4c(N5CC(C)CC(NC(=O)OC(OC(=O)CCC)C6CC6)C5)nc(OC)nc4c3F)c12. The van der Waals surface area contributed by atoms with E-state index < -0.39 is 30.0 Å². The molecule has 11 nitrogen and oxygen atoms in total. The maximum atomic E-state index is 16.5. The van der Waals surface area contributed by atoms with Gasteiger partial charge in [-0.2, -0.15) is 9.97 Å². The van der Waals surface area contributed by atoms with Crippen LogP contribution in [0.15, 0.2) is 30.5 Å². The number of hydrogen-bond acceptors (Lipinski definition) is 10. The van der Waals surface area contributed by atoms with Crippen LogP contribution in [0.1, 0.15) is 51.5 Å². The molecule has 0 radical (unpaired) electrons. The van der Waals surface area contributed by atoms with Gasteiger partial charge in [0, 0.05) is 42.6 Å². The van der Waals surface area contributed by atoms with E-state index in [1.165, 1.54) is 37.6 Å². The predicted octanol–water partition coefficient (Wildman–Crippen LogP) is 5.84. The molecule has 250 valence electrons. The molecule has 2 aromatic heterocycles. The first-order valence-electron chi connectivity index (χ1n) is 15.8. The van der Waals surface area contributed by atoms with Crippen molar-refractivity contribution < 1.29 is 37.7 Å². The van der Waals surface area contributed by atoms with Gasteiger partial charge in [0.1, 0.15) is 28.6 Å². The monoisotopic (exact) mass is 659 g/mol. The smallest absolute Gasteiger partial charge is 0.410 e. The third-order valence-corrected chi connectivity index (χ3v) is 8.49. The van der Waals surface area contributed by atoms with Crippen molar-refractivity contribution in [3.05, 3.63) is 47.7 Å². The number of aromatic hydroxyl groups is 1. The molecule has 1 aliphatic heterocycles. The highest BCUT2D eigenvalue weighted by Crippen LogP contribution is 2.39. The summed E-state index contributed by atoms with van der Waals surface area (Å²) in [7, 11) is 1.36. The van der Waals surface area contributed by atoms with Crippen LogP contribution in [0.4, 0.5) is 19.4 Å². The van der Waals surface area contributed by atoms with E-state index in [9.17, 15) is 19.1 Å². The molecule has 48 heavy (non-hydrogen) atoms. The van der Waals surface area contributed by atoms with Gasteiger partial charge in [0.15, 0.2) is 5.82 Å². The minimum absolute atomic E-state index is 0.0134. The van der Waals surface area contributed by atoms with Gasteiger partial charge in [-0.05, 0) is 55.2 Å². The van der Waals surface area contributed by atoms with E-state index in [-0.39, 0.29) is 69.2 Å². The molecule has 6 rings (SSSR count). The standard InChI is InChI=1S/C35H35F2N5O6/c1-5-7-27(44)47-33(19-8-9-19)48-35(45)39-21-12-18(3)16-42(17-21)32-25-15-38-30(29(37)31(25)40-34(41-32)46-4)24-14-22(43)13-20-10-11-26(36)23(6-2)28(20)24/h2,10-11,13-15,18-19,21,33,43H,5,7-9,12,16-17H2,1,3-4H3,(H,39,45). The fraction of sp³-hybridized carbons (Fsp3) is 0.400. The van der Waals surface area contributed by atoms with Crippen molar-refractivity contribution in [1.29, 1.82) is 0 Å². The molecule has 13 heteroatoms. The maximum absolute atomic E-state index is 16.5. The van der Waals surface area contributed by atoms with Gasteiger partial charge >= 0.3 is 18.1 Å². The third kappa shape index (κ3) is 6.60. The molecule has 1 aliphatic carbocycles. The number of rotatable bonds is 9. The number of phenols is 1. The van der Waals surface area contributed by atoms with Gasteiger partial charge < -0.3 is 29.5 Å². The number of ether oxygens (including phenoxy) is 3. The molecule has 1 amide bonds. The van der Waals surface area contributed by atoms with Crippen molar-refractivity contribution in [3.63, 3.8) is 0 Å². The number of alkyl carbamates (subject to hydrolysis) is 1. The zero-order chi connectivity index (χ0) is 34.1. The molecule has 3 unspecified atom stereocenters. The summed E-state index contributed by atoms with van der Waals surface area (Å²) in [4.78, 5) is 40.2. The maximum Gasteiger partial charge on any atom is 0.410 e. The lowest BCUT2D eigenvalue weighted by Crippen LogP contribution is -2.51. The molecule has 2 N–H and O–H groups in total. The molecule has 0 spiro atoms. The fourth-order valence-electron chi connectivity index (χ4n) is 6.21. The number of halogens is 2. The predicted molar refractivity (Wildman–Crippen MR) is 173 cm³/mol. The summed E-state index contributed by atoms with van der Waals surface area (Å²) < 4.78 is 47.5. The average molecular weight is 660 g/mol. The number of carbonyl (C=O) groups is 2. The Morgan fingerprint density at radius 3 is 2.69 bits per heavy atom. The van der Waals surface area contributed by atoms with E-state index in [0.717, 1.165) is 12.8 Å². The summed E-state index contributed by atoms with van der Waals surface area (Å²) in [5.41, 5.74) is -0.307. The van der Waals surface area contributed by atoms with Crippen LogP contribution in [0.5, 0.6) is 11.8 Å². The van der Waals surface area contributed by atoms with Crippen molar-refractivity contribution in [3.8, 4) is 35.4 Å². The molecule has 4 aromatic rings. The molecule has 1 saturated carbocycles. The summed E-state index contributed by atoms with van der Waals surface area (Å²) in [6, 6.07) is 4.83. The number of fused-ring (bicyclic) bond motifs is 2. The Hall–Kier alpha value is -5.25. The summed E-state index contributed by atoms with van der Waals surface area (Å²) in [6.07, 6.45) is 8.53. The molecular formula is C35H35F2N5O6. The molecule has 0 bridgehead atoms. The number of methoxy groups -OCH3 is 1. The van der Waals surface area contributed by atoms with Crippen LogP contribution in [-0.2, 0) is 14.3 Å². The van der Waals surface area contributed by atoms with Crippen molar-refractivity contribution >= 4 is 39.6 Å². The van der Waals surface area contributed by atoms with Crippen LogP contribution in [0.3, 0.4) is 0 Å². The largest absolute Gasteiger partial charge is 0.508 e. The quantitative estimate of drug-likeness (QED) is 0.128. The lowest BCUT2D eigenvalue weighted by Gasteiger charge is -2.37. The zero-order valence-electron chi connectivity index (χ0n) is 26.8. The molecule has 1 saturated heterocycles. The first-order chi connectivity index (χ1) is 23.1. The van der Waals surface area contributed by atoms with Gasteiger partial charge in [0.25, 0.3) is 6.29 Å². The highest BCUT2D eigenvalue weighted by atomic mass is 19.1. The Morgan fingerprint density at radius 1 is 1.19 bits per heavy atom. The minimum atomic E-state index is -0.934. The minimum Gasteiger partial charge on any atom is -0.508 e. The first kappa shape index (κ1) is 32.7. The highest BCUT2D eigenvalue weighted by Gasteiger charge is 2.38. The fourth-order valence-corrected chi connectivity index (χ4v) is 6.21. The number of amides is 1. The van der Waals surface area contributed by atoms with E-state index in [1.807, 2.05) is 18.7 Å². The number of aromatic nitrogens is 3. The van der Waals surface area contributed by atoms with Crippen LogP contribution in [0.2, 0.25) is 0 Å². The van der Waals surface area contributed by atoms with Gasteiger partial charge in [-0.3, -0.25) is 9.78 Å². The average Bonchev–Trinajstić information content (AvgIpc) is 3.90. The molecule has 2 aliphatic rings. The molecular weight excluding hydrogens is 624 g/mol. The number of hydrogen-bond donors (Lipinski definition) is 2. The number of carbonyl (C=O) groups excluding carboxylic acids is 2. The lowest BCUT2D eigenvalue weighted by molar-refractivity contribution is -0.171. The van der Waals surface area contributed by atoms with Gasteiger partial charge in [-0.15, -0.1) is 6.42 Å². The Labute approximate surface area is 275 Å². The van der Waals surface area contributed by atoms with E-state index in [1.54, 1.807) is 0 Å². The van der Waals surface area contributed by atoms with E-state index in [2.05, 4.69) is 26.2 Å². The first-order valence-corrected chi connectivity index (χ1v) is 15.8. The van der Waals surface area contributed by atoms with Gasteiger partial charge in [-0.1, -0.05) is 25.8 Å². The van der Waals surface area contributed by atoms with Crippen LogP contribution in [0.25, 0.3) is 32.9 Å². The van der Waals surface area contributed by atoms with Gasteiger partial charge in [-0.25, -0.2) is 13.6 Å². The summed E-state index contributed by atoms with van der Waals surface area (Å²) in [5.74, 6) is 0.620. The third-order valence-electron chi connectivity index (χ3n) is 8.49. The van der Waals surface area contributed by atoms with Gasteiger partial charge in [0.2, 0.25) is 0 Å². The summed E-state index contributed by atoms with van der Waals surface area (Å²) in [6.45, 7) is 4.70. The van der Waals surface area contributed by atoms with Gasteiger partial charge in [0.05, 0.1) is 24.1 Å². The van der Waals surface area contributed by atoms with Crippen molar-refractivity contribution in [1.82, 2.24) is 20.3 Å². The molecule has 3 heterocycles. The Morgan fingerprint density at radius 2 is 1.98 bits per heavy atom. The Bertz CT molecular complexity index is 1950. The number of anilines is 1. The van der Waals surface area contributed by atoms with Crippen molar-refractivity contribution in [2.45, 2.75) is 58.3 Å². The van der Waals surface area contributed by atoms with E-state index >= 15 is 4.39 Å². The molecule has 2 aromatic carbocycles. The number of phenolic OH excluding ortho intramolecular Hbond substituents is 1. The second-order valence-corrected chi connectivity index (χ2v) is 12.3. The van der Waals surface area contributed by atoms with E-state index in [4.69, 9.17) is 20.6 Å². The summed E-state index contributed by atoms with van der Waals surface area (Å²) in [5, 5.41) is 14.2.